The lowest BCUT2D eigenvalue weighted by Crippen LogP contribution is -2.41. The van der Waals surface area contributed by atoms with Crippen LogP contribution >= 0.6 is 11.6 Å². The number of aliphatic imine (C=N–C) groups is 1. The van der Waals surface area contributed by atoms with Gasteiger partial charge in [-0.25, -0.2) is 0 Å². The summed E-state index contributed by atoms with van der Waals surface area (Å²) in [5.74, 6) is 0.557. The van der Waals surface area contributed by atoms with Crippen molar-refractivity contribution < 1.29 is 4.79 Å². The number of hydrogen-bond donors (Lipinski definition) is 3. The predicted molar refractivity (Wildman–Crippen MR) is 114 cm³/mol. The third-order valence-corrected chi connectivity index (χ3v) is 4.40. The average molecular weight is 405 g/mol. The van der Waals surface area contributed by atoms with E-state index < -0.39 is 0 Å². The van der Waals surface area contributed by atoms with Crippen molar-refractivity contribution in [2.75, 3.05) is 26.2 Å². The molecule has 0 saturated heterocycles. The number of aromatic nitrogens is 2. The normalized spacial score (nSPS) is 11.4. The minimum atomic E-state index is -0.181. The highest BCUT2D eigenvalue weighted by Gasteiger charge is 2.08. The van der Waals surface area contributed by atoms with Crippen LogP contribution in [0, 0.1) is 13.8 Å². The molecular formula is C20H29ClN6O. The van der Waals surface area contributed by atoms with Crippen molar-refractivity contribution in [3.8, 4) is 0 Å². The Morgan fingerprint density at radius 1 is 1.18 bits per heavy atom. The molecular weight excluding hydrogens is 376 g/mol. The van der Waals surface area contributed by atoms with Gasteiger partial charge in [-0.1, -0.05) is 23.7 Å². The van der Waals surface area contributed by atoms with Gasteiger partial charge in [0.15, 0.2) is 5.96 Å². The van der Waals surface area contributed by atoms with E-state index in [2.05, 4.69) is 39.0 Å². The zero-order valence-corrected chi connectivity index (χ0v) is 17.5. The third kappa shape index (κ3) is 6.88. The minimum absolute atomic E-state index is 0.181. The number of carbonyl (C=O) groups excluding carboxylic acids is 1. The van der Waals surface area contributed by atoms with Crippen LogP contribution in [0.3, 0.4) is 0 Å². The van der Waals surface area contributed by atoms with Crippen molar-refractivity contribution in [1.29, 1.82) is 0 Å². The molecule has 0 fully saturated rings. The second-order valence-corrected chi connectivity index (χ2v) is 6.83. The van der Waals surface area contributed by atoms with E-state index in [1.807, 2.05) is 18.5 Å². The van der Waals surface area contributed by atoms with Gasteiger partial charge in [-0.05, 0) is 45.4 Å². The molecule has 7 nitrogen and oxygen atoms in total. The van der Waals surface area contributed by atoms with Crippen LogP contribution in [0.1, 0.15) is 35.1 Å². The Morgan fingerprint density at radius 3 is 2.61 bits per heavy atom. The second kappa shape index (κ2) is 11.3. The molecule has 2 rings (SSSR count). The van der Waals surface area contributed by atoms with Gasteiger partial charge in [0.1, 0.15) is 0 Å². The quantitative estimate of drug-likeness (QED) is 0.340. The van der Waals surface area contributed by atoms with Crippen molar-refractivity contribution in [2.24, 2.45) is 4.99 Å². The zero-order chi connectivity index (χ0) is 20.4. The summed E-state index contributed by atoms with van der Waals surface area (Å²) in [7, 11) is 0. The molecule has 1 amide bonds. The fourth-order valence-corrected chi connectivity index (χ4v) is 2.97. The van der Waals surface area contributed by atoms with Gasteiger partial charge < -0.3 is 16.0 Å². The number of amides is 1. The van der Waals surface area contributed by atoms with E-state index in [9.17, 15) is 4.79 Å². The number of carbonyl (C=O) groups is 1. The summed E-state index contributed by atoms with van der Waals surface area (Å²) in [6.45, 7) is 9.43. The highest BCUT2D eigenvalue weighted by molar-refractivity contribution is 6.33. The maximum atomic E-state index is 12.1. The van der Waals surface area contributed by atoms with Gasteiger partial charge in [-0.15, -0.1) is 0 Å². The van der Waals surface area contributed by atoms with E-state index in [1.165, 1.54) is 5.69 Å². The Labute approximate surface area is 171 Å². The number of benzene rings is 1. The van der Waals surface area contributed by atoms with Crippen molar-refractivity contribution in [3.05, 3.63) is 52.3 Å². The van der Waals surface area contributed by atoms with E-state index >= 15 is 0 Å². The summed E-state index contributed by atoms with van der Waals surface area (Å²) in [6, 6.07) is 9.08. The van der Waals surface area contributed by atoms with E-state index in [0.717, 1.165) is 31.2 Å². The summed E-state index contributed by atoms with van der Waals surface area (Å²) in [4.78, 5) is 16.7. The van der Waals surface area contributed by atoms with Gasteiger partial charge in [0.25, 0.3) is 5.91 Å². The smallest absolute Gasteiger partial charge is 0.252 e. The van der Waals surface area contributed by atoms with Crippen LogP contribution in [0.5, 0.6) is 0 Å². The monoisotopic (exact) mass is 404 g/mol. The minimum Gasteiger partial charge on any atom is -0.357 e. The molecule has 3 N–H and O–H groups in total. The SMILES string of the molecule is CCNC(=NCCCn1nc(C)cc1C)NCCNC(=O)c1ccccc1Cl. The number of halogens is 1. The molecule has 0 spiro atoms. The summed E-state index contributed by atoms with van der Waals surface area (Å²) in [6.07, 6.45) is 0.905. The van der Waals surface area contributed by atoms with Crippen LogP contribution in [-0.2, 0) is 6.54 Å². The van der Waals surface area contributed by atoms with E-state index in [4.69, 9.17) is 11.6 Å². The Morgan fingerprint density at radius 2 is 1.93 bits per heavy atom. The first-order valence-electron chi connectivity index (χ1n) is 9.57. The highest BCUT2D eigenvalue weighted by atomic mass is 35.5. The molecule has 0 unspecified atom stereocenters. The molecule has 0 radical (unpaired) electrons. The number of aryl methyl sites for hydroxylation is 3. The van der Waals surface area contributed by atoms with Crippen LogP contribution in [0.2, 0.25) is 5.02 Å². The first-order chi connectivity index (χ1) is 13.5. The maximum Gasteiger partial charge on any atom is 0.252 e. The largest absolute Gasteiger partial charge is 0.357 e. The van der Waals surface area contributed by atoms with Gasteiger partial charge in [0.2, 0.25) is 0 Å². The summed E-state index contributed by atoms with van der Waals surface area (Å²) in [5, 5.41) is 14.2. The van der Waals surface area contributed by atoms with Crippen LogP contribution in [0.4, 0.5) is 0 Å². The Hall–Kier alpha value is -2.54. The number of nitrogens with zero attached hydrogens (tertiary/aromatic N) is 3. The molecule has 1 aromatic heterocycles. The lowest BCUT2D eigenvalue weighted by atomic mass is 10.2. The second-order valence-electron chi connectivity index (χ2n) is 6.43. The van der Waals surface area contributed by atoms with Crippen molar-refractivity contribution in [3.63, 3.8) is 0 Å². The molecule has 0 atom stereocenters. The molecule has 0 aliphatic heterocycles. The van der Waals surface area contributed by atoms with Crippen molar-refractivity contribution >= 4 is 23.5 Å². The number of nitrogens with one attached hydrogen (secondary N) is 3. The van der Waals surface area contributed by atoms with Crippen LogP contribution in [0.25, 0.3) is 0 Å². The molecule has 1 heterocycles. The fraction of sp³-hybridized carbons (Fsp3) is 0.450. The fourth-order valence-electron chi connectivity index (χ4n) is 2.75. The van der Waals surface area contributed by atoms with Gasteiger partial charge in [-0.2, -0.15) is 5.10 Å². The molecule has 8 heteroatoms. The number of hydrogen-bond acceptors (Lipinski definition) is 3. The van der Waals surface area contributed by atoms with E-state index in [0.29, 0.717) is 30.2 Å². The van der Waals surface area contributed by atoms with E-state index in [-0.39, 0.29) is 5.91 Å². The Balaban J connectivity index is 1.72. The molecule has 0 aliphatic rings. The van der Waals surface area contributed by atoms with Gasteiger partial charge in [0, 0.05) is 38.4 Å². The average Bonchev–Trinajstić information content (AvgIpc) is 2.99. The Bertz CT molecular complexity index is 802. The molecule has 0 aliphatic carbocycles. The number of guanidine groups is 1. The lowest BCUT2D eigenvalue weighted by molar-refractivity contribution is 0.0954. The van der Waals surface area contributed by atoms with Crippen LogP contribution in [0.15, 0.2) is 35.3 Å². The Kier molecular flexibility index (Phi) is 8.81. The lowest BCUT2D eigenvalue weighted by Gasteiger charge is -2.12. The van der Waals surface area contributed by atoms with Gasteiger partial charge in [0.05, 0.1) is 16.3 Å². The predicted octanol–water partition coefficient (Wildman–Crippen LogP) is 2.53. The summed E-state index contributed by atoms with van der Waals surface area (Å²) < 4.78 is 2.01. The molecule has 2 aromatic rings. The highest BCUT2D eigenvalue weighted by Crippen LogP contribution is 2.14. The summed E-state index contributed by atoms with van der Waals surface area (Å²) in [5.41, 5.74) is 2.68. The molecule has 152 valence electrons. The molecule has 1 aromatic carbocycles. The molecule has 28 heavy (non-hydrogen) atoms. The van der Waals surface area contributed by atoms with Crippen LogP contribution in [-0.4, -0.2) is 47.8 Å². The molecule has 0 saturated carbocycles. The number of rotatable bonds is 9. The first-order valence-corrected chi connectivity index (χ1v) is 9.95. The van der Waals surface area contributed by atoms with Gasteiger partial charge >= 0.3 is 0 Å². The van der Waals surface area contributed by atoms with E-state index in [1.54, 1.807) is 24.3 Å². The van der Waals surface area contributed by atoms with Crippen molar-refractivity contribution in [1.82, 2.24) is 25.7 Å². The maximum absolute atomic E-state index is 12.1. The third-order valence-electron chi connectivity index (χ3n) is 4.07. The first kappa shape index (κ1) is 21.8. The zero-order valence-electron chi connectivity index (χ0n) is 16.8. The molecule has 0 bridgehead atoms. The van der Waals surface area contributed by atoms with Crippen molar-refractivity contribution in [2.45, 2.75) is 33.7 Å². The van der Waals surface area contributed by atoms with Crippen LogP contribution < -0.4 is 16.0 Å². The summed E-state index contributed by atoms with van der Waals surface area (Å²) >= 11 is 6.04. The topological polar surface area (TPSA) is 83.3 Å². The standard InChI is InChI=1S/C20H29ClN6O/c1-4-22-20(24-10-7-13-27-16(3)14-15(2)26-27)25-12-11-23-19(28)17-8-5-6-9-18(17)21/h5-6,8-9,14H,4,7,10-13H2,1-3H3,(H,23,28)(H2,22,24,25). The van der Waals surface area contributed by atoms with Gasteiger partial charge in [-0.3, -0.25) is 14.5 Å².